The molecule has 0 N–H and O–H groups in total. The molecule has 0 amide bonds. The van der Waals surface area contributed by atoms with Crippen molar-refractivity contribution in [3.63, 3.8) is 0 Å². The minimum Gasteiger partial charge on any atom is -0.287 e. The maximum Gasteiger partial charge on any atom is 0.209 e. The second-order valence-corrected chi connectivity index (χ2v) is 5.51. The second-order valence-electron chi connectivity index (χ2n) is 4.74. The van der Waals surface area contributed by atoms with Crippen molar-refractivity contribution in [2.24, 2.45) is 0 Å². The largest absolute Gasteiger partial charge is 0.287 e. The molecule has 110 valence electrons. The van der Waals surface area contributed by atoms with Crippen molar-refractivity contribution in [2.45, 2.75) is 12.1 Å². The maximum absolute atomic E-state index is 12.1. The van der Waals surface area contributed by atoms with E-state index in [1.54, 1.807) is 23.1 Å². The number of hydrogen-bond donors (Lipinski definition) is 0. The highest BCUT2D eigenvalue weighted by Crippen LogP contribution is 2.15. The highest BCUT2D eigenvalue weighted by Gasteiger charge is 2.09. The van der Waals surface area contributed by atoms with E-state index in [1.807, 2.05) is 37.4 Å². The lowest BCUT2D eigenvalue weighted by atomic mass is 10.2. The molecule has 0 unspecified atom stereocenters. The molecule has 2 heterocycles. The van der Waals surface area contributed by atoms with E-state index in [0.717, 1.165) is 5.69 Å². The minimum absolute atomic E-state index is 0.158. The summed E-state index contributed by atoms with van der Waals surface area (Å²) < 4.78 is 1.68. The van der Waals surface area contributed by atoms with E-state index in [2.05, 4.69) is 15.1 Å². The number of thioether (sulfide) groups is 1. The third-order valence-electron chi connectivity index (χ3n) is 3.17. The summed E-state index contributed by atoms with van der Waals surface area (Å²) in [6, 6.07) is 11.1. The molecule has 22 heavy (non-hydrogen) atoms. The van der Waals surface area contributed by atoms with Crippen LogP contribution in [0, 0.1) is 6.92 Å². The molecule has 3 rings (SSSR count). The summed E-state index contributed by atoms with van der Waals surface area (Å²) in [6.45, 7) is 2.03. The van der Waals surface area contributed by atoms with Gasteiger partial charge in [-0.1, -0.05) is 29.5 Å². The molecule has 0 aliphatic heterocycles. The SMILES string of the molecule is CSc1nccc(-c2nn(-c3ccc(C)cc3)ccc2=O)n1. The second kappa shape index (κ2) is 6.11. The van der Waals surface area contributed by atoms with Gasteiger partial charge in [-0.2, -0.15) is 5.10 Å². The van der Waals surface area contributed by atoms with Gasteiger partial charge in [0.2, 0.25) is 5.43 Å². The van der Waals surface area contributed by atoms with Crippen LogP contribution in [-0.2, 0) is 0 Å². The Labute approximate surface area is 132 Å². The standard InChI is InChI=1S/C16H14N4OS/c1-11-3-5-12(6-4-11)20-10-8-14(21)15(19-20)13-7-9-17-16(18-13)22-2/h3-10H,1-2H3. The predicted octanol–water partition coefficient (Wildman–Crippen LogP) is 2.72. The van der Waals surface area contributed by atoms with Gasteiger partial charge >= 0.3 is 0 Å². The van der Waals surface area contributed by atoms with E-state index in [-0.39, 0.29) is 5.43 Å². The molecule has 1 aromatic carbocycles. The van der Waals surface area contributed by atoms with Gasteiger partial charge in [0, 0.05) is 18.5 Å². The predicted molar refractivity (Wildman–Crippen MR) is 87.4 cm³/mol. The summed E-state index contributed by atoms with van der Waals surface area (Å²) in [5, 5.41) is 5.04. The monoisotopic (exact) mass is 310 g/mol. The summed E-state index contributed by atoms with van der Waals surface area (Å²) in [4.78, 5) is 20.6. The Morgan fingerprint density at radius 1 is 1.09 bits per heavy atom. The molecule has 0 saturated carbocycles. The van der Waals surface area contributed by atoms with Crippen LogP contribution in [0.4, 0.5) is 0 Å². The molecule has 2 aromatic heterocycles. The van der Waals surface area contributed by atoms with Gasteiger partial charge in [-0.25, -0.2) is 14.6 Å². The zero-order valence-corrected chi connectivity index (χ0v) is 13.0. The van der Waals surface area contributed by atoms with Gasteiger partial charge in [-0.05, 0) is 31.4 Å². The molecule has 3 aromatic rings. The van der Waals surface area contributed by atoms with E-state index in [1.165, 1.54) is 23.4 Å². The van der Waals surface area contributed by atoms with Crippen LogP contribution in [0.1, 0.15) is 5.56 Å². The summed E-state index contributed by atoms with van der Waals surface area (Å²) >= 11 is 1.43. The first-order chi connectivity index (χ1) is 10.7. The molecular weight excluding hydrogens is 296 g/mol. The highest BCUT2D eigenvalue weighted by atomic mass is 32.2. The van der Waals surface area contributed by atoms with Crippen molar-refractivity contribution in [3.05, 3.63) is 64.6 Å². The molecule has 0 bridgehead atoms. The summed E-state index contributed by atoms with van der Waals surface area (Å²) in [7, 11) is 0. The average Bonchev–Trinajstić information content (AvgIpc) is 2.56. The molecule has 0 aliphatic rings. The fourth-order valence-electron chi connectivity index (χ4n) is 2.00. The van der Waals surface area contributed by atoms with Crippen molar-refractivity contribution in [3.8, 4) is 17.1 Å². The van der Waals surface area contributed by atoms with Gasteiger partial charge in [-0.3, -0.25) is 4.79 Å². The number of benzene rings is 1. The number of aryl methyl sites for hydroxylation is 1. The van der Waals surface area contributed by atoms with Crippen LogP contribution in [0.5, 0.6) is 0 Å². The number of hydrogen-bond acceptors (Lipinski definition) is 5. The third kappa shape index (κ3) is 2.92. The van der Waals surface area contributed by atoms with Crippen molar-refractivity contribution < 1.29 is 0 Å². The molecule has 0 fully saturated rings. The van der Waals surface area contributed by atoms with Gasteiger partial charge in [-0.15, -0.1) is 0 Å². The van der Waals surface area contributed by atoms with Crippen LogP contribution >= 0.6 is 11.8 Å². The van der Waals surface area contributed by atoms with Gasteiger partial charge in [0.25, 0.3) is 0 Å². The Morgan fingerprint density at radius 3 is 2.59 bits per heavy atom. The van der Waals surface area contributed by atoms with Crippen LogP contribution in [-0.4, -0.2) is 26.0 Å². The number of rotatable bonds is 3. The van der Waals surface area contributed by atoms with Crippen molar-refractivity contribution in [1.82, 2.24) is 19.7 Å². The number of nitrogens with zero attached hydrogens (tertiary/aromatic N) is 4. The Bertz CT molecular complexity index is 859. The molecular formula is C16H14N4OS. The lowest BCUT2D eigenvalue weighted by Crippen LogP contribution is -2.13. The van der Waals surface area contributed by atoms with Crippen LogP contribution in [0.15, 0.2) is 58.7 Å². The first kappa shape index (κ1) is 14.5. The fraction of sp³-hybridized carbons (Fsp3) is 0.125. The smallest absolute Gasteiger partial charge is 0.209 e. The highest BCUT2D eigenvalue weighted by molar-refractivity contribution is 7.98. The lowest BCUT2D eigenvalue weighted by molar-refractivity contribution is 0.834. The Morgan fingerprint density at radius 2 is 1.86 bits per heavy atom. The molecule has 0 saturated heterocycles. The normalized spacial score (nSPS) is 10.6. The molecule has 0 spiro atoms. The van der Waals surface area contributed by atoms with Crippen molar-refractivity contribution in [1.29, 1.82) is 0 Å². The summed E-state index contributed by atoms with van der Waals surface area (Å²) in [5.74, 6) is 0. The Hall–Kier alpha value is -2.47. The van der Waals surface area contributed by atoms with E-state index in [9.17, 15) is 4.79 Å². The van der Waals surface area contributed by atoms with Gasteiger partial charge in [0.05, 0.1) is 11.4 Å². The van der Waals surface area contributed by atoms with E-state index in [4.69, 9.17) is 0 Å². The Balaban J connectivity index is 2.10. The maximum atomic E-state index is 12.1. The van der Waals surface area contributed by atoms with Crippen molar-refractivity contribution >= 4 is 11.8 Å². The molecule has 6 heteroatoms. The fourth-order valence-corrected chi connectivity index (χ4v) is 2.35. The summed E-state index contributed by atoms with van der Waals surface area (Å²) in [5.41, 5.74) is 2.76. The first-order valence-electron chi connectivity index (χ1n) is 6.72. The lowest BCUT2D eigenvalue weighted by Gasteiger charge is -2.07. The van der Waals surface area contributed by atoms with E-state index >= 15 is 0 Å². The zero-order chi connectivity index (χ0) is 15.5. The summed E-state index contributed by atoms with van der Waals surface area (Å²) in [6.07, 6.45) is 5.19. The third-order valence-corrected chi connectivity index (χ3v) is 3.73. The van der Waals surface area contributed by atoms with Crippen LogP contribution in [0.2, 0.25) is 0 Å². The zero-order valence-electron chi connectivity index (χ0n) is 12.2. The molecule has 0 radical (unpaired) electrons. The van der Waals surface area contributed by atoms with Crippen molar-refractivity contribution in [2.75, 3.05) is 6.26 Å². The van der Waals surface area contributed by atoms with Crippen LogP contribution in [0.25, 0.3) is 17.1 Å². The van der Waals surface area contributed by atoms with E-state index in [0.29, 0.717) is 16.5 Å². The van der Waals surface area contributed by atoms with Gasteiger partial charge < -0.3 is 0 Å². The van der Waals surface area contributed by atoms with E-state index < -0.39 is 0 Å². The Kier molecular flexibility index (Phi) is 4.02. The van der Waals surface area contributed by atoms with Gasteiger partial charge in [0.1, 0.15) is 0 Å². The minimum atomic E-state index is -0.158. The first-order valence-corrected chi connectivity index (χ1v) is 7.94. The quantitative estimate of drug-likeness (QED) is 0.550. The van der Waals surface area contributed by atoms with Gasteiger partial charge in [0.15, 0.2) is 10.9 Å². The molecule has 5 nitrogen and oxygen atoms in total. The average molecular weight is 310 g/mol. The van der Waals surface area contributed by atoms with Crippen LogP contribution in [0.3, 0.4) is 0 Å². The van der Waals surface area contributed by atoms with Crippen LogP contribution < -0.4 is 5.43 Å². The number of aromatic nitrogens is 4. The molecule has 0 aliphatic carbocycles. The molecule has 0 atom stereocenters. The topological polar surface area (TPSA) is 60.7 Å².